The molecule has 1 aromatic heterocycles. The van der Waals surface area contributed by atoms with Gasteiger partial charge in [0.15, 0.2) is 0 Å². The first-order valence-corrected chi connectivity index (χ1v) is 10.9. The Bertz CT molecular complexity index is 919. The number of sulfonamides is 1. The predicted octanol–water partition coefficient (Wildman–Crippen LogP) is 1.43. The smallest absolute Gasteiger partial charge is 0.252 e. The van der Waals surface area contributed by atoms with Crippen LogP contribution in [0.5, 0.6) is 5.75 Å². The number of imide groups is 1. The summed E-state index contributed by atoms with van der Waals surface area (Å²) in [7, 11) is -3.65. The number of thiophene rings is 1. The second-order valence-electron chi connectivity index (χ2n) is 6.46. The Hall–Kier alpha value is -2.23. The molecule has 0 saturated carbocycles. The lowest BCUT2D eigenvalue weighted by atomic mass is 10.00. The Morgan fingerprint density at radius 3 is 2.26 bits per heavy atom. The van der Waals surface area contributed by atoms with Gasteiger partial charge in [0.25, 0.3) is 10.0 Å². The van der Waals surface area contributed by atoms with Crippen molar-refractivity contribution < 1.29 is 22.7 Å². The molecule has 9 heteroatoms. The first-order valence-electron chi connectivity index (χ1n) is 8.55. The third-order valence-corrected chi connectivity index (χ3v) is 8.07. The zero-order valence-electron chi connectivity index (χ0n) is 14.4. The highest BCUT2D eigenvalue weighted by Crippen LogP contribution is 2.36. The molecule has 2 unspecified atom stereocenters. The fourth-order valence-electron chi connectivity index (χ4n) is 3.50. The highest BCUT2D eigenvalue weighted by atomic mass is 32.2. The maximum atomic E-state index is 12.6. The number of benzene rings is 1. The van der Waals surface area contributed by atoms with Crippen molar-refractivity contribution in [1.29, 1.82) is 0 Å². The minimum atomic E-state index is -3.65. The van der Waals surface area contributed by atoms with E-state index in [1.807, 2.05) is 18.2 Å². The molecule has 7 nitrogen and oxygen atoms in total. The van der Waals surface area contributed by atoms with Crippen LogP contribution in [-0.2, 0) is 19.6 Å². The number of amides is 2. The number of hydrogen-bond donors (Lipinski definition) is 0. The van der Waals surface area contributed by atoms with Gasteiger partial charge in [-0.2, -0.15) is 4.31 Å². The molecule has 2 aliphatic rings. The number of rotatable bonds is 6. The molecular weight excluding hydrogens is 388 g/mol. The molecule has 2 amide bonds. The van der Waals surface area contributed by atoms with Crippen LogP contribution in [0, 0.1) is 11.8 Å². The Morgan fingerprint density at radius 2 is 1.67 bits per heavy atom. The summed E-state index contributed by atoms with van der Waals surface area (Å²) >= 11 is 1.13. The summed E-state index contributed by atoms with van der Waals surface area (Å²) in [5.74, 6) is -1.17. The lowest BCUT2D eigenvalue weighted by Crippen LogP contribution is -2.39. The Morgan fingerprint density at radius 1 is 1.00 bits per heavy atom. The van der Waals surface area contributed by atoms with Crippen molar-refractivity contribution in [3.63, 3.8) is 0 Å². The van der Waals surface area contributed by atoms with Gasteiger partial charge in [-0.3, -0.25) is 14.5 Å². The van der Waals surface area contributed by atoms with E-state index < -0.39 is 21.9 Å². The number of carbonyl (C=O) groups is 2. The number of carbonyl (C=O) groups excluding carboxylic acids is 2. The molecule has 2 fully saturated rings. The first-order chi connectivity index (χ1) is 13.0. The topological polar surface area (TPSA) is 84.0 Å². The van der Waals surface area contributed by atoms with E-state index in [4.69, 9.17) is 4.74 Å². The molecule has 27 heavy (non-hydrogen) atoms. The van der Waals surface area contributed by atoms with E-state index in [0.29, 0.717) is 5.75 Å². The number of fused-ring (bicyclic) bond motifs is 1. The summed E-state index contributed by atoms with van der Waals surface area (Å²) < 4.78 is 32.3. The molecule has 0 spiro atoms. The third kappa shape index (κ3) is 3.26. The Kier molecular flexibility index (Phi) is 4.75. The standard InChI is InChI=1S/C18H18N2O5S2/c21-17-14-11-19(27(23,24)16-7-4-10-26-16)12-15(14)18(22)20(17)8-9-25-13-5-2-1-3-6-13/h1-7,10,14-15H,8-9,11-12H2. The number of ether oxygens (including phenoxy) is 1. The van der Waals surface area contributed by atoms with E-state index in [-0.39, 0.29) is 42.3 Å². The summed E-state index contributed by atoms with van der Waals surface area (Å²) in [4.78, 5) is 26.5. The van der Waals surface area contributed by atoms with E-state index in [0.717, 1.165) is 11.3 Å². The lowest BCUT2D eigenvalue weighted by molar-refractivity contribution is -0.140. The van der Waals surface area contributed by atoms with E-state index in [1.165, 1.54) is 15.3 Å². The number of hydrogen-bond acceptors (Lipinski definition) is 6. The summed E-state index contributed by atoms with van der Waals surface area (Å²) in [6.45, 7) is 0.465. The average Bonchev–Trinajstić information content (AvgIpc) is 3.39. The van der Waals surface area contributed by atoms with Gasteiger partial charge in [-0.25, -0.2) is 8.42 Å². The minimum absolute atomic E-state index is 0.0471. The lowest BCUT2D eigenvalue weighted by Gasteiger charge is -2.20. The number of para-hydroxylation sites is 1. The van der Waals surface area contributed by atoms with Crippen LogP contribution in [0.3, 0.4) is 0 Å². The average molecular weight is 406 g/mol. The molecule has 0 radical (unpaired) electrons. The van der Waals surface area contributed by atoms with Crippen molar-refractivity contribution in [2.75, 3.05) is 26.2 Å². The van der Waals surface area contributed by atoms with Crippen LogP contribution in [-0.4, -0.2) is 55.7 Å². The zero-order valence-corrected chi connectivity index (χ0v) is 16.0. The number of likely N-dealkylation sites (tertiary alicyclic amines) is 1. The highest BCUT2D eigenvalue weighted by Gasteiger charge is 2.54. The second kappa shape index (κ2) is 7.06. The van der Waals surface area contributed by atoms with Crippen LogP contribution in [0.1, 0.15) is 0 Å². The molecule has 2 aromatic rings. The van der Waals surface area contributed by atoms with Crippen molar-refractivity contribution in [2.45, 2.75) is 4.21 Å². The highest BCUT2D eigenvalue weighted by molar-refractivity contribution is 7.91. The third-order valence-electron chi connectivity index (χ3n) is 4.87. The molecule has 2 atom stereocenters. The van der Waals surface area contributed by atoms with Crippen LogP contribution in [0.2, 0.25) is 0 Å². The van der Waals surface area contributed by atoms with Crippen molar-refractivity contribution >= 4 is 33.2 Å². The van der Waals surface area contributed by atoms with Crippen LogP contribution in [0.15, 0.2) is 52.1 Å². The van der Waals surface area contributed by atoms with Crippen molar-refractivity contribution in [3.05, 3.63) is 47.8 Å². The van der Waals surface area contributed by atoms with Gasteiger partial charge < -0.3 is 4.74 Å². The van der Waals surface area contributed by atoms with Gasteiger partial charge in [0, 0.05) is 13.1 Å². The van der Waals surface area contributed by atoms with Gasteiger partial charge in [0.2, 0.25) is 11.8 Å². The van der Waals surface area contributed by atoms with Crippen molar-refractivity contribution in [1.82, 2.24) is 9.21 Å². The van der Waals surface area contributed by atoms with Gasteiger partial charge in [0.05, 0.1) is 18.4 Å². The molecular formula is C18H18N2O5S2. The maximum Gasteiger partial charge on any atom is 0.252 e. The Balaban J connectivity index is 1.40. The number of nitrogens with zero attached hydrogens (tertiary/aromatic N) is 2. The van der Waals surface area contributed by atoms with E-state index >= 15 is 0 Å². The first kappa shape index (κ1) is 18.1. The molecule has 0 N–H and O–H groups in total. The summed E-state index contributed by atoms with van der Waals surface area (Å²) in [6.07, 6.45) is 0. The normalized spacial score (nSPS) is 23.0. The van der Waals surface area contributed by atoms with Crippen LogP contribution < -0.4 is 4.74 Å². The molecule has 0 bridgehead atoms. The second-order valence-corrected chi connectivity index (χ2v) is 9.57. The quantitative estimate of drug-likeness (QED) is 0.678. The van der Waals surface area contributed by atoms with E-state index in [9.17, 15) is 18.0 Å². The zero-order chi connectivity index (χ0) is 19.0. The van der Waals surface area contributed by atoms with Gasteiger partial charge in [0.1, 0.15) is 16.6 Å². The van der Waals surface area contributed by atoms with Crippen molar-refractivity contribution in [2.24, 2.45) is 11.8 Å². The molecule has 142 valence electrons. The summed E-state index contributed by atoms with van der Waals surface area (Å²) in [5, 5.41) is 1.69. The van der Waals surface area contributed by atoms with E-state index in [1.54, 1.807) is 23.6 Å². The molecule has 1 aromatic carbocycles. The molecule has 2 aliphatic heterocycles. The van der Waals surface area contributed by atoms with Gasteiger partial charge in [-0.1, -0.05) is 24.3 Å². The monoisotopic (exact) mass is 406 g/mol. The van der Waals surface area contributed by atoms with E-state index in [2.05, 4.69) is 0 Å². The predicted molar refractivity (Wildman–Crippen MR) is 98.7 cm³/mol. The SMILES string of the molecule is O=C1C2CN(S(=O)(=O)c3cccs3)CC2C(=O)N1CCOc1ccccc1. The fourth-order valence-corrected chi connectivity index (χ4v) is 6.14. The largest absolute Gasteiger partial charge is 0.492 e. The van der Waals surface area contributed by atoms with Gasteiger partial charge in [-0.05, 0) is 23.6 Å². The minimum Gasteiger partial charge on any atom is -0.492 e. The van der Waals surface area contributed by atoms with Crippen LogP contribution in [0.4, 0.5) is 0 Å². The van der Waals surface area contributed by atoms with Crippen LogP contribution in [0.25, 0.3) is 0 Å². The van der Waals surface area contributed by atoms with Crippen molar-refractivity contribution in [3.8, 4) is 5.75 Å². The Labute approximate surface area is 161 Å². The summed E-state index contributed by atoms with van der Waals surface area (Å²) in [5.41, 5.74) is 0. The molecule has 3 heterocycles. The van der Waals surface area contributed by atoms with Gasteiger partial charge >= 0.3 is 0 Å². The molecule has 4 rings (SSSR count). The molecule has 2 saturated heterocycles. The summed E-state index contributed by atoms with van der Waals surface area (Å²) in [6, 6.07) is 12.4. The molecule has 0 aliphatic carbocycles. The van der Waals surface area contributed by atoms with Gasteiger partial charge in [-0.15, -0.1) is 11.3 Å². The fraction of sp³-hybridized carbons (Fsp3) is 0.333. The van der Waals surface area contributed by atoms with Crippen LogP contribution >= 0.6 is 11.3 Å². The maximum absolute atomic E-state index is 12.6.